The second kappa shape index (κ2) is 6.20. The van der Waals surface area contributed by atoms with Crippen molar-refractivity contribution in [3.05, 3.63) is 71.8 Å². The molecule has 4 heteroatoms. The van der Waals surface area contributed by atoms with Crippen LogP contribution in [0.25, 0.3) is 5.70 Å². The van der Waals surface area contributed by atoms with E-state index in [2.05, 4.69) is 0 Å². The molecule has 0 N–H and O–H groups in total. The van der Waals surface area contributed by atoms with Crippen LogP contribution in [0.4, 0.5) is 5.69 Å². The Balaban J connectivity index is 2.13. The maximum Gasteiger partial charge on any atom is 0.242 e. The molecule has 0 bridgehead atoms. The number of aryl methyl sites for hydroxylation is 1. The number of hydrogen-bond donors (Lipinski definition) is 0. The van der Waals surface area contributed by atoms with Gasteiger partial charge in [-0.3, -0.25) is 14.5 Å². The lowest BCUT2D eigenvalue weighted by Gasteiger charge is -2.24. The smallest absolute Gasteiger partial charge is 0.242 e. The Morgan fingerprint density at radius 3 is 2.32 bits per heavy atom. The molecule has 0 radical (unpaired) electrons. The van der Waals surface area contributed by atoms with E-state index in [0.29, 0.717) is 5.70 Å². The first kappa shape index (κ1) is 14.6. The first-order valence-electron chi connectivity index (χ1n) is 6.98. The molecule has 3 nitrogen and oxygen atoms in total. The summed E-state index contributed by atoms with van der Waals surface area (Å²) in [5.74, 6) is 0.0634. The topological polar surface area (TPSA) is 37.4 Å². The average molecular weight is 309 g/mol. The molecule has 0 spiro atoms. The molecule has 110 valence electrons. The van der Waals surface area contributed by atoms with E-state index in [1.54, 1.807) is 11.0 Å². The highest BCUT2D eigenvalue weighted by molar-refractivity contribution is 8.14. The Morgan fingerprint density at radius 2 is 1.64 bits per heavy atom. The van der Waals surface area contributed by atoms with Gasteiger partial charge in [-0.25, -0.2) is 0 Å². The minimum Gasteiger partial charge on any atom is -0.282 e. The fourth-order valence-electron chi connectivity index (χ4n) is 2.35. The van der Waals surface area contributed by atoms with E-state index in [-0.39, 0.29) is 16.8 Å². The van der Waals surface area contributed by atoms with Crippen molar-refractivity contribution in [3.63, 3.8) is 0 Å². The highest BCUT2D eigenvalue weighted by Gasteiger charge is 2.26. The van der Waals surface area contributed by atoms with Gasteiger partial charge < -0.3 is 0 Å². The van der Waals surface area contributed by atoms with Crippen LogP contribution < -0.4 is 4.90 Å². The van der Waals surface area contributed by atoms with Gasteiger partial charge in [-0.1, -0.05) is 59.8 Å². The molecule has 1 aliphatic heterocycles. The van der Waals surface area contributed by atoms with Crippen molar-refractivity contribution in [1.82, 2.24) is 0 Å². The quantitative estimate of drug-likeness (QED) is 0.850. The summed E-state index contributed by atoms with van der Waals surface area (Å²) in [5.41, 5.74) is 3.40. The summed E-state index contributed by atoms with van der Waals surface area (Å²) in [6, 6.07) is 17.3. The normalized spacial score (nSPS) is 15.5. The Labute approximate surface area is 133 Å². The highest BCUT2D eigenvalue weighted by Crippen LogP contribution is 2.30. The second-order valence-corrected chi connectivity index (χ2v) is 6.05. The summed E-state index contributed by atoms with van der Waals surface area (Å²) >= 11 is 1.04. The maximum atomic E-state index is 12.5. The molecule has 0 saturated carbocycles. The fourth-order valence-corrected chi connectivity index (χ4v) is 2.94. The number of nitrogens with zero attached hydrogens (tertiary/aromatic N) is 1. The van der Waals surface area contributed by atoms with Gasteiger partial charge in [0.15, 0.2) is 0 Å². The minimum atomic E-state index is -0.0950. The zero-order valence-corrected chi connectivity index (χ0v) is 13.0. The summed E-state index contributed by atoms with van der Waals surface area (Å²) in [7, 11) is 0. The number of rotatable bonds is 2. The molecule has 1 aliphatic rings. The van der Waals surface area contributed by atoms with Gasteiger partial charge in [-0.15, -0.1) is 0 Å². The lowest BCUT2D eigenvalue weighted by molar-refractivity contribution is -0.115. The number of para-hydroxylation sites is 1. The van der Waals surface area contributed by atoms with E-state index < -0.39 is 0 Å². The molecular weight excluding hydrogens is 294 g/mol. The molecule has 0 fully saturated rings. The maximum absolute atomic E-state index is 12.5. The fraction of sp³-hybridized carbons (Fsp3) is 0.111. The van der Waals surface area contributed by atoms with Crippen molar-refractivity contribution in [2.24, 2.45) is 0 Å². The first-order chi connectivity index (χ1) is 10.6. The number of carbonyl (C=O) groups excluding carboxylic acids is 2. The van der Waals surface area contributed by atoms with Crippen molar-refractivity contribution in [2.45, 2.75) is 6.92 Å². The summed E-state index contributed by atoms with van der Waals surface area (Å²) in [6.07, 6.45) is 1.55. The van der Waals surface area contributed by atoms with Crippen molar-refractivity contribution < 1.29 is 9.59 Å². The van der Waals surface area contributed by atoms with Crippen LogP contribution in [0, 0.1) is 6.92 Å². The van der Waals surface area contributed by atoms with Gasteiger partial charge >= 0.3 is 0 Å². The zero-order valence-electron chi connectivity index (χ0n) is 12.2. The zero-order chi connectivity index (χ0) is 15.5. The van der Waals surface area contributed by atoms with Gasteiger partial charge in [0, 0.05) is 11.8 Å². The number of benzene rings is 2. The molecule has 0 aromatic heterocycles. The van der Waals surface area contributed by atoms with Crippen molar-refractivity contribution in [1.29, 1.82) is 0 Å². The number of thioether (sulfide) groups is 1. The molecule has 2 aromatic rings. The largest absolute Gasteiger partial charge is 0.282 e. The number of anilines is 1. The van der Waals surface area contributed by atoms with Gasteiger partial charge in [0.2, 0.25) is 11.0 Å². The molecule has 0 aliphatic carbocycles. The van der Waals surface area contributed by atoms with Crippen LogP contribution in [0.15, 0.2) is 60.7 Å². The lowest BCUT2D eigenvalue weighted by atomic mass is 10.1. The van der Waals surface area contributed by atoms with Crippen LogP contribution in [-0.4, -0.2) is 16.8 Å². The summed E-state index contributed by atoms with van der Waals surface area (Å²) in [5, 5.41) is -0.0950. The monoisotopic (exact) mass is 309 g/mol. The summed E-state index contributed by atoms with van der Waals surface area (Å²) < 4.78 is 0. The van der Waals surface area contributed by atoms with Gasteiger partial charge in [0.1, 0.15) is 0 Å². The summed E-state index contributed by atoms with van der Waals surface area (Å²) in [6.45, 7) is 2.01. The van der Waals surface area contributed by atoms with Crippen molar-refractivity contribution in [2.75, 3.05) is 10.7 Å². The molecule has 1 amide bonds. The Morgan fingerprint density at radius 1 is 0.955 bits per heavy atom. The predicted molar refractivity (Wildman–Crippen MR) is 90.5 cm³/mol. The number of hydrogen-bond acceptors (Lipinski definition) is 3. The van der Waals surface area contributed by atoms with Crippen LogP contribution in [-0.2, 0) is 9.59 Å². The van der Waals surface area contributed by atoms with E-state index >= 15 is 0 Å². The summed E-state index contributed by atoms with van der Waals surface area (Å²) in [4.78, 5) is 26.1. The third kappa shape index (κ3) is 2.97. The minimum absolute atomic E-state index is 0.0890. The Bertz CT molecular complexity index is 735. The van der Waals surface area contributed by atoms with E-state index in [9.17, 15) is 9.59 Å². The van der Waals surface area contributed by atoms with Crippen LogP contribution >= 0.6 is 11.8 Å². The van der Waals surface area contributed by atoms with E-state index in [0.717, 1.165) is 28.6 Å². The molecule has 0 atom stereocenters. The molecule has 22 heavy (non-hydrogen) atoms. The van der Waals surface area contributed by atoms with Crippen molar-refractivity contribution in [3.8, 4) is 0 Å². The van der Waals surface area contributed by atoms with E-state index in [1.807, 2.05) is 61.5 Å². The third-order valence-corrected chi connectivity index (χ3v) is 4.24. The van der Waals surface area contributed by atoms with E-state index in [1.165, 1.54) is 0 Å². The molecule has 0 saturated heterocycles. The average Bonchev–Trinajstić information content (AvgIpc) is 2.68. The molecule has 3 rings (SSSR count). The number of carbonyl (C=O) groups is 2. The van der Waals surface area contributed by atoms with Crippen LogP contribution in [0.5, 0.6) is 0 Å². The van der Waals surface area contributed by atoms with Gasteiger partial charge in [0.25, 0.3) is 0 Å². The first-order valence-corrected chi connectivity index (χ1v) is 7.97. The van der Waals surface area contributed by atoms with Crippen LogP contribution in [0.1, 0.15) is 11.1 Å². The Kier molecular flexibility index (Phi) is 4.11. The molecule has 2 aromatic carbocycles. The van der Waals surface area contributed by atoms with Crippen molar-refractivity contribution >= 4 is 34.2 Å². The van der Waals surface area contributed by atoms with E-state index in [4.69, 9.17) is 0 Å². The lowest BCUT2D eigenvalue weighted by Crippen LogP contribution is -2.29. The SMILES string of the molecule is Cc1ccc(C2=CC(=O)SCC(=O)N2c2ccccc2)cc1. The second-order valence-electron chi connectivity index (χ2n) is 5.07. The molecule has 1 heterocycles. The van der Waals surface area contributed by atoms with Gasteiger partial charge in [0.05, 0.1) is 11.4 Å². The van der Waals surface area contributed by atoms with Gasteiger partial charge in [-0.05, 0) is 24.6 Å². The molecule has 0 unspecified atom stereocenters. The highest BCUT2D eigenvalue weighted by atomic mass is 32.2. The molecular formula is C18H15NO2S. The predicted octanol–water partition coefficient (Wildman–Crippen LogP) is 3.64. The number of amides is 1. The standard InChI is InChI=1S/C18H15NO2S/c1-13-7-9-14(10-8-13)16-11-18(21)22-12-17(20)19(16)15-5-3-2-4-6-15/h2-11H,12H2,1H3. The van der Waals surface area contributed by atoms with Crippen LogP contribution in [0.3, 0.4) is 0 Å². The van der Waals surface area contributed by atoms with Gasteiger partial charge in [-0.2, -0.15) is 0 Å². The third-order valence-electron chi connectivity index (χ3n) is 3.44. The van der Waals surface area contributed by atoms with Crippen LogP contribution in [0.2, 0.25) is 0 Å². The Hall–Kier alpha value is -2.33.